The SMILES string of the molecule is C[P@](=O)(Nc1cccc([N+](=O)[O-])c1)c1nc2c(s1)CCCC2. The van der Waals surface area contributed by atoms with Crippen LogP contribution in [0, 0.1) is 10.1 Å². The normalized spacial score (nSPS) is 16.6. The standard InChI is InChI=1S/C14H16N3O3PS/c1-21(20,14-15-12-7-2-3-8-13(12)22-14)16-10-5-4-6-11(9-10)17(18)19/h4-6,9H,2-3,7-8H2,1H3,(H,16,20)/t21-/m1/s1. The van der Waals surface area contributed by atoms with Gasteiger partial charge in [0.15, 0.2) is 4.75 Å². The number of aromatic nitrogens is 1. The molecule has 0 spiro atoms. The van der Waals surface area contributed by atoms with Gasteiger partial charge in [-0.1, -0.05) is 6.07 Å². The number of non-ortho nitro benzene ring substituents is 1. The van der Waals surface area contributed by atoms with Crippen LogP contribution in [0.5, 0.6) is 0 Å². The quantitative estimate of drug-likeness (QED) is 0.524. The van der Waals surface area contributed by atoms with Crippen molar-refractivity contribution >= 4 is 34.8 Å². The number of nitrogens with zero attached hydrogens (tertiary/aromatic N) is 2. The van der Waals surface area contributed by atoms with E-state index in [1.54, 1.807) is 18.8 Å². The van der Waals surface area contributed by atoms with Crippen LogP contribution in [-0.2, 0) is 17.4 Å². The number of aryl methyl sites for hydroxylation is 2. The van der Waals surface area contributed by atoms with Crippen LogP contribution in [0.3, 0.4) is 0 Å². The van der Waals surface area contributed by atoms with E-state index in [1.165, 1.54) is 28.3 Å². The number of hydrogen-bond donors (Lipinski definition) is 1. The van der Waals surface area contributed by atoms with E-state index in [-0.39, 0.29) is 5.69 Å². The van der Waals surface area contributed by atoms with Gasteiger partial charge in [0.2, 0.25) is 7.29 Å². The summed E-state index contributed by atoms with van der Waals surface area (Å²) in [6.45, 7) is 1.62. The van der Waals surface area contributed by atoms with Gasteiger partial charge < -0.3 is 5.09 Å². The number of benzene rings is 1. The van der Waals surface area contributed by atoms with Crippen molar-refractivity contribution in [2.24, 2.45) is 0 Å². The average Bonchev–Trinajstić information content (AvgIpc) is 2.92. The van der Waals surface area contributed by atoms with Crippen LogP contribution in [0.4, 0.5) is 11.4 Å². The van der Waals surface area contributed by atoms with E-state index in [2.05, 4.69) is 10.1 Å². The van der Waals surface area contributed by atoms with Gasteiger partial charge >= 0.3 is 0 Å². The molecule has 0 unspecified atom stereocenters. The molecule has 3 rings (SSSR count). The highest BCUT2D eigenvalue weighted by atomic mass is 32.1. The maximum Gasteiger partial charge on any atom is 0.271 e. The van der Waals surface area contributed by atoms with Gasteiger partial charge in [-0.2, -0.15) is 0 Å². The topological polar surface area (TPSA) is 85.1 Å². The van der Waals surface area contributed by atoms with Crippen LogP contribution in [0.15, 0.2) is 24.3 Å². The molecule has 1 aromatic carbocycles. The van der Waals surface area contributed by atoms with E-state index in [9.17, 15) is 14.7 Å². The van der Waals surface area contributed by atoms with Crippen LogP contribution in [0.1, 0.15) is 23.4 Å². The van der Waals surface area contributed by atoms with Crippen LogP contribution in [0.2, 0.25) is 0 Å². The Bertz CT molecular complexity index is 751. The molecule has 2 aromatic rings. The summed E-state index contributed by atoms with van der Waals surface area (Å²) in [6, 6.07) is 6.06. The average molecular weight is 337 g/mol. The number of hydrogen-bond acceptors (Lipinski definition) is 5. The number of nitro groups is 1. The molecule has 0 aliphatic heterocycles. The number of nitrogens with one attached hydrogen (secondary N) is 1. The van der Waals surface area contributed by atoms with Crippen molar-refractivity contribution in [3.63, 3.8) is 0 Å². The fourth-order valence-electron chi connectivity index (χ4n) is 2.50. The molecule has 1 aliphatic rings. The Hall–Kier alpha value is -1.72. The zero-order chi connectivity index (χ0) is 15.7. The maximum atomic E-state index is 13.0. The monoisotopic (exact) mass is 337 g/mol. The molecule has 1 heterocycles. The molecule has 22 heavy (non-hydrogen) atoms. The minimum atomic E-state index is -2.89. The molecular weight excluding hydrogens is 321 g/mol. The first kappa shape index (κ1) is 15.2. The molecule has 1 aromatic heterocycles. The van der Waals surface area contributed by atoms with Gasteiger partial charge in [-0.15, -0.1) is 11.3 Å². The van der Waals surface area contributed by atoms with E-state index in [0.29, 0.717) is 10.4 Å². The van der Waals surface area contributed by atoms with Crippen LogP contribution < -0.4 is 9.84 Å². The van der Waals surface area contributed by atoms with Crippen molar-refractivity contribution in [1.82, 2.24) is 4.98 Å². The van der Waals surface area contributed by atoms with Gasteiger partial charge in [-0.05, 0) is 31.7 Å². The van der Waals surface area contributed by atoms with E-state index >= 15 is 0 Å². The molecule has 1 N–H and O–H groups in total. The first-order valence-electron chi connectivity index (χ1n) is 7.05. The van der Waals surface area contributed by atoms with E-state index in [0.717, 1.165) is 31.4 Å². The molecule has 8 heteroatoms. The summed E-state index contributed by atoms with van der Waals surface area (Å²) in [6.07, 6.45) is 4.23. The van der Waals surface area contributed by atoms with Gasteiger partial charge in [0.25, 0.3) is 5.69 Å². The second kappa shape index (κ2) is 5.82. The third-order valence-corrected chi connectivity index (χ3v) is 7.39. The Balaban J connectivity index is 1.87. The second-order valence-electron chi connectivity index (χ2n) is 5.42. The number of rotatable bonds is 4. The molecule has 6 nitrogen and oxygen atoms in total. The number of thiazole rings is 1. The van der Waals surface area contributed by atoms with Crippen molar-refractivity contribution in [2.45, 2.75) is 25.7 Å². The minimum absolute atomic E-state index is 0.0246. The predicted molar refractivity (Wildman–Crippen MR) is 88.6 cm³/mol. The van der Waals surface area contributed by atoms with Crippen molar-refractivity contribution < 1.29 is 9.49 Å². The van der Waals surface area contributed by atoms with Crippen LogP contribution >= 0.6 is 18.6 Å². The van der Waals surface area contributed by atoms with Gasteiger partial charge in [-0.25, -0.2) is 4.98 Å². The van der Waals surface area contributed by atoms with E-state index in [1.807, 2.05) is 0 Å². The highest BCUT2D eigenvalue weighted by Crippen LogP contribution is 2.43. The van der Waals surface area contributed by atoms with Crippen molar-refractivity contribution in [2.75, 3.05) is 11.8 Å². The zero-order valence-electron chi connectivity index (χ0n) is 12.1. The molecule has 0 saturated heterocycles. The summed E-state index contributed by atoms with van der Waals surface area (Å²) < 4.78 is 13.6. The second-order valence-corrected chi connectivity index (χ2v) is 9.30. The Morgan fingerprint density at radius 2 is 2.14 bits per heavy atom. The largest absolute Gasteiger partial charge is 0.331 e. The molecular formula is C14H16N3O3PS. The summed E-state index contributed by atoms with van der Waals surface area (Å²) in [5.41, 5.74) is 1.52. The highest BCUT2D eigenvalue weighted by molar-refractivity contribution is 7.77. The van der Waals surface area contributed by atoms with Gasteiger partial charge in [0.05, 0.1) is 10.6 Å². The van der Waals surface area contributed by atoms with Crippen LogP contribution in [0.25, 0.3) is 0 Å². The lowest BCUT2D eigenvalue weighted by molar-refractivity contribution is -0.384. The Labute approximate surface area is 132 Å². The summed E-state index contributed by atoms with van der Waals surface area (Å²) >= 11 is 1.50. The third kappa shape index (κ3) is 3.05. The highest BCUT2D eigenvalue weighted by Gasteiger charge is 2.26. The molecule has 1 aliphatic carbocycles. The molecule has 0 saturated carbocycles. The third-order valence-electron chi connectivity index (χ3n) is 3.60. The molecule has 0 bridgehead atoms. The zero-order valence-corrected chi connectivity index (χ0v) is 13.8. The molecule has 0 amide bonds. The first-order valence-corrected chi connectivity index (χ1v) is 10.0. The fourth-order valence-corrected chi connectivity index (χ4v) is 5.60. The molecule has 0 fully saturated rings. The Morgan fingerprint density at radius 1 is 1.36 bits per heavy atom. The lowest BCUT2D eigenvalue weighted by atomic mass is 10.0. The van der Waals surface area contributed by atoms with Crippen LogP contribution in [-0.4, -0.2) is 16.6 Å². The predicted octanol–water partition coefficient (Wildman–Crippen LogP) is 3.58. The Kier molecular flexibility index (Phi) is 4.02. The van der Waals surface area contributed by atoms with Crippen molar-refractivity contribution in [1.29, 1.82) is 0 Å². The van der Waals surface area contributed by atoms with E-state index in [4.69, 9.17) is 0 Å². The molecule has 0 radical (unpaired) electrons. The summed E-state index contributed by atoms with van der Waals surface area (Å²) in [4.78, 5) is 16.1. The Morgan fingerprint density at radius 3 is 2.86 bits per heavy atom. The smallest absolute Gasteiger partial charge is 0.271 e. The maximum absolute atomic E-state index is 13.0. The molecule has 116 valence electrons. The minimum Gasteiger partial charge on any atom is -0.331 e. The van der Waals surface area contributed by atoms with Gasteiger partial charge in [0.1, 0.15) is 0 Å². The lowest BCUT2D eigenvalue weighted by Gasteiger charge is -2.13. The first-order chi connectivity index (χ1) is 10.5. The van der Waals surface area contributed by atoms with Crippen molar-refractivity contribution in [3.8, 4) is 0 Å². The lowest BCUT2D eigenvalue weighted by Crippen LogP contribution is -2.10. The summed E-state index contributed by atoms with van der Waals surface area (Å²) in [5.74, 6) is 0. The van der Waals surface area contributed by atoms with Gasteiger partial charge in [0, 0.05) is 29.4 Å². The fraction of sp³-hybridized carbons (Fsp3) is 0.357. The van der Waals surface area contributed by atoms with Gasteiger partial charge in [-0.3, -0.25) is 14.7 Å². The molecule has 1 atom stereocenters. The number of anilines is 1. The number of fused-ring (bicyclic) bond motifs is 1. The summed E-state index contributed by atoms with van der Waals surface area (Å²) in [5, 5.41) is 13.8. The number of nitro benzene ring substituents is 1. The van der Waals surface area contributed by atoms with Crippen molar-refractivity contribution in [3.05, 3.63) is 45.0 Å². The summed E-state index contributed by atoms with van der Waals surface area (Å²) in [7, 11) is -2.89. The van der Waals surface area contributed by atoms with E-state index < -0.39 is 12.2 Å².